The highest BCUT2D eigenvalue weighted by Gasteiger charge is 2.43. The number of aliphatic hydroxyl groups is 3. The summed E-state index contributed by atoms with van der Waals surface area (Å²) >= 11 is 18.5. The summed E-state index contributed by atoms with van der Waals surface area (Å²) in [5.41, 5.74) is -0.877. The molecule has 4 rings (SSSR count). The Morgan fingerprint density at radius 3 is 1.75 bits per heavy atom. The Kier molecular flexibility index (Phi) is 21.5. The van der Waals surface area contributed by atoms with E-state index >= 15 is 0 Å². The van der Waals surface area contributed by atoms with E-state index in [-0.39, 0.29) is 44.9 Å². The van der Waals surface area contributed by atoms with E-state index in [1.165, 1.54) is 0 Å². The lowest BCUT2D eigenvalue weighted by Gasteiger charge is -2.24. The Morgan fingerprint density at radius 2 is 1.27 bits per heavy atom. The van der Waals surface area contributed by atoms with Gasteiger partial charge in [0.2, 0.25) is 21.3 Å². The predicted octanol–water partition coefficient (Wildman–Crippen LogP) is 6.71. The minimum Gasteiger partial charge on any atom is -0.391 e. The average molecular weight is 907 g/mol. The lowest BCUT2D eigenvalue weighted by Crippen LogP contribution is -2.36. The fourth-order valence-electron chi connectivity index (χ4n) is 6.31. The van der Waals surface area contributed by atoms with E-state index in [4.69, 9.17) is 48.4 Å². The fourth-order valence-corrected chi connectivity index (χ4v) is 8.24. The van der Waals surface area contributed by atoms with Crippen molar-refractivity contribution in [3.8, 4) is 0 Å². The number of anilines is 1. The van der Waals surface area contributed by atoms with Crippen LogP contribution in [0.15, 0.2) is 38.0 Å². The largest absolute Gasteiger partial charge is 0.391 e. The monoisotopic (exact) mass is 905 g/mol. The number of nitrogens with one attached hydrogen (secondary N) is 1. The van der Waals surface area contributed by atoms with Crippen LogP contribution in [0.25, 0.3) is 0 Å². The van der Waals surface area contributed by atoms with Gasteiger partial charge in [-0.15, -0.1) is 13.2 Å². The zero-order valence-corrected chi connectivity index (χ0v) is 35.1. The maximum Gasteiger partial charge on any atom is 0.348 e. The molecule has 0 aromatic carbocycles. The van der Waals surface area contributed by atoms with Gasteiger partial charge in [0, 0.05) is 23.3 Å². The van der Waals surface area contributed by atoms with Crippen LogP contribution in [-0.4, -0.2) is 103 Å². The molecular weight excluding hydrogens is 856 g/mol. The summed E-state index contributed by atoms with van der Waals surface area (Å²) in [7, 11) is -0.545. The molecule has 2 aliphatic rings. The van der Waals surface area contributed by atoms with Crippen LogP contribution < -0.4 is 5.32 Å². The Labute approximate surface area is 354 Å². The second-order valence-electron chi connectivity index (χ2n) is 12.1. The second-order valence-corrected chi connectivity index (χ2v) is 16.6. The maximum absolute atomic E-state index is 11.3. The Bertz CT molecular complexity index is 1630. The van der Waals surface area contributed by atoms with E-state index in [9.17, 15) is 35.5 Å². The molecule has 2 aromatic rings. The van der Waals surface area contributed by atoms with Crippen LogP contribution in [-0.2, 0) is 8.37 Å². The van der Waals surface area contributed by atoms with Crippen molar-refractivity contribution in [2.24, 2.45) is 23.7 Å². The lowest BCUT2D eigenvalue weighted by atomic mass is 9.96. The van der Waals surface area contributed by atoms with Gasteiger partial charge in [0.05, 0.1) is 50.0 Å². The van der Waals surface area contributed by atoms with E-state index < -0.39 is 60.8 Å². The highest BCUT2D eigenvalue weighted by atomic mass is 35.5. The Balaban J connectivity index is 0.000000341. The molecule has 302 valence electrons. The molecular formula is C30H44B2Cl3N7O9P2S2. The van der Waals surface area contributed by atoms with Crippen LogP contribution in [0, 0.1) is 43.9 Å². The molecule has 16 nitrogen and oxygen atoms in total. The van der Waals surface area contributed by atoms with Crippen molar-refractivity contribution in [3.63, 3.8) is 0 Å². The molecule has 0 bridgehead atoms. The van der Waals surface area contributed by atoms with E-state index in [1.807, 2.05) is 6.08 Å². The SMILES string of the molecule is O=[N+]([O-])c1c(Cl)ncnc1Cl.[2H]P([B][3H])SOCC[C@H]1C[C@H](CCC=C)[C@H](Nc2ncnc(Cl)c2[N+](=O)[O-])[C@@H]1O.[2H]P([B][3H])SOCC[C@H]1C[C@H](CCC=C)[C@H](O)[C@@H]1O. The number of halogens is 3. The fraction of sp³-hybridized carbons (Fsp3) is 0.600. The first kappa shape index (κ1) is 43.2. The zero-order chi connectivity index (χ0) is 44.1. The summed E-state index contributed by atoms with van der Waals surface area (Å²) in [4.78, 5) is 34.6. The van der Waals surface area contributed by atoms with Gasteiger partial charge < -0.3 is 29.0 Å². The van der Waals surface area contributed by atoms with Crippen LogP contribution in [0.4, 0.5) is 17.2 Å². The highest BCUT2D eigenvalue weighted by molar-refractivity contribution is 8.53. The van der Waals surface area contributed by atoms with Gasteiger partial charge in [-0.3, -0.25) is 20.2 Å². The zero-order valence-electron chi connectivity index (χ0n) is 33.4. The minimum absolute atomic E-state index is 0.0130. The van der Waals surface area contributed by atoms with Crippen LogP contribution in [0.2, 0.25) is 15.5 Å². The van der Waals surface area contributed by atoms with Gasteiger partial charge in [0.1, 0.15) is 27.7 Å². The number of aliphatic hydroxyl groups excluding tert-OH is 3. The molecule has 2 saturated carbocycles. The molecule has 2 radical (unpaired) electrons. The molecule has 0 aliphatic heterocycles. The number of rotatable bonds is 22. The van der Waals surface area contributed by atoms with Crippen molar-refractivity contribution >= 4 is 106 Å². The molecule has 55 heavy (non-hydrogen) atoms. The van der Waals surface area contributed by atoms with Crippen LogP contribution in [0.1, 0.15) is 51.4 Å². The molecule has 25 heteroatoms. The van der Waals surface area contributed by atoms with Crippen molar-refractivity contribution in [2.75, 3.05) is 18.5 Å². The highest BCUT2D eigenvalue weighted by Crippen LogP contribution is 2.41. The summed E-state index contributed by atoms with van der Waals surface area (Å²) < 4.78 is 39.4. The van der Waals surface area contributed by atoms with Gasteiger partial charge in [-0.1, -0.05) is 62.2 Å². The third-order valence-electron chi connectivity index (χ3n) is 8.88. The number of aromatic nitrogens is 4. The standard InChI is InChI=1S/C15H22BClN4O4PS.C11H21BO3PS.C4HCl2N3O2/c1-2-3-4-9-7-10(5-6-25-27-26-16)13(22)11(9)20-15-12(21(23)24)14(17)18-8-19-15;1-2-3-4-8-7-9(11(14)10(8)13)5-6-15-17-16-12;5-3-2(9(10)11)4(6)8-1-7-3/h2,8-11,13,16,22,26H,1,3-7H2,(H,18,19,20);2,8-14,16H,1,3-7H2;1H/t9-,10-,11-,13+,26?;8-,9-,10-,11+,16?;/m00./s1/i16T,26D;12T,16D;. The lowest BCUT2D eigenvalue weighted by molar-refractivity contribution is -0.385. The molecule has 0 saturated heterocycles. The molecule has 10 atom stereocenters. The second kappa shape index (κ2) is 27.3. The van der Waals surface area contributed by atoms with Crippen molar-refractivity contribution in [3.05, 3.63) is 73.7 Å². The van der Waals surface area contributed by atoms with E-state index in [0.717, 1.165) is 83.1 Å². The molecule has 2 unspecified atom stereocenters. The van der Waals surface area contributed by atoms with Gasteiger partial charge in [-0.05, 0) is 77.7 Å². The first-order valence-corrected chi connectivity index (χ1v) is 22.4. The summed E-state index contributed by atoms with van der Waals surface area (Å²) in [5, 5.41) is 54.6. The predicted molar refractivity (Wildman–Crippen MR) is 227 cm³/mol. The summed E-state index contributed by atoms with van der Waals surface area (Å²) in [6.07, 6.45) is 9.76. The van der Waals surface area contributed by atoms with Crippen molar-refractivity contribution < 1.29 is 33.5 Å². The van der Waals surface area contributed by atoms with Gasteiger partial charge in [-0.25, -0.2) is 19.9 Å². The number of nitrogens with zero attached hydrogens (tertiary/aromatic N) is 6. The van der Waals surface area contributed by atoms with Gasteiger partial charge in [0.15, 0.2) is 0 Å². The number of hydrogen-bond acceptors (Lipinski definition) is 16. The Hall–Kier alpha value is -1.40. The van der Waals surface area contributed by atoms with Crippen LogP contribution in [0.5, 0.6) is 0 Å². The quantitative estimate of drug-likeness (QED) is 0.0141. The first-order valence-electron chi connectivity index (χ1n) is 18.7. The molecule has 2 heterocycles. The number of allylic oxidation sites excluding steroid dienone is 2. The van der Waals surface area contributed by atoms with Gasteiger partial charge >= 0.3 is 11.4 Å². The molecule has 0 amide bonds. The molecule has 4 N–H and O–H groups in total. The smallest absolute Gasteiger partial charge is 0.348 e. The number of nitro groups is 2. The maximum atomic E-state index is 11.3. The minimum atomic E-state index is -1.38. The van der Waals surface area contributed by atoms with Crippen LogP contribution >= 0.6 is 73.3 Å². The molecule has 0 spiro atoms. The molecule has 2 aliphatic carbocycles. The molecule has 2 fully saturated rings. The Morgan fingerprint density at radius 1 is 0.836 bits per heavy atom. The summed E-state index contributed by atoms with van der Waals surface area (Å²) in [6, 6.07) is -0.438. The van der Waals surface area contributed by atoms with Crippen molar-refractivity contribution in [2.45, 2.75) is 75.7 Å². The third kappa shape index (κ3) is 16.4. The summed E-state index contributed by atoms with van der Waals surface area (Å²) in [6.45, 7) is 8.19. The number of hydrogen-bond donors (Lipinski definition) is 4. The van der Waals surface area contributed by atoms with Crippen LogP contribution in [0.3, 0.4) is 0 Å². The van der Waals surface area contributed by atoms with Crippen molar-refractivity contribution in [1.29, 1.82) is 5.23 Å². The first-order chi connectivity index (χ1) is 28.1. The molecule has 2 aromatic heterocycles. The topological polar surface area (TPSA) is 229 Å². The van der Waals surface area contributed by atoms with E-state index in [0.29, 0.717) is 32.5 Å². The summed E-state index contributed by atoms with van der Waals surface area (Å²) in [5.74, 6) is 0.170. The van der Waals surface area contributed by atoms with Gasteiger partial charge in [-0.2, -0.15) is 0 Å². The third-order valence-corrected chi connectivity index (χ3v) is 11.6. The normalized spacial score (nSPS) is 26.2. The van der Waals surface area contributed by atoms with Gasteiger partial charge in [0.25, 0.3) is 0 Å². The van der Waals surface area contributed by atoms with E-state index in [1.54, 1.807) is 6.08 Å². The average Bonchev–Trinajstić information content (AvgIpc) is 3.64. The van der Waals surface area contributed by atoms with E-state index in [2.05, 4.69) is 38.4 Å². The van der Waals surface area contributed by atoms with Crippen molar-refractivity contribution in [1.82, 2.24) is 19.9 Å².